The van der Waals surface area contributed by atoms with Crippen LogP contribution >= 0.6 is 0 Å². The molecule has 0 bridgehead atoms. The Morgan fingerprint density at radius 2 is 1.58 bits per heavy atom. The standard InChI is InChI=1S/C24H24F6O/c1-2-3-4-16-5-7-17(8-6-16)18-9-12-20(13-10-18)31-24(29,30)19-11-14-21(22(25)15-19)23(26,27)28/h2,9-17H,1,3-8H2. The summed E-state index contributed by atoms with van der Waals surface area (Å²) in [6, 6.07) is 7.24. The number of allylic oxidation sites excluding steroid dienone is 1. The molecule has 1 saturated carbocycles. The molecular formula is C24H24F6O. The molecule has 1 aliphatic carbocycles. The lowest BCUT2D eigenvalue weighted by Crippen LogP contribution is -2.23. The van der Waals surface area contributed by atoms with Gasteiger partial charge in [0.2, 0.25) is 0 Å². The quantitative estimate of drug-likeness (QED) is 0.310. The average molecular weight is 442 g/mol. The van der Waals surface area contributed by atoms with Crippen LogP contribution in [-0.2, 0) is 12.3 Å². The van der Waals surface area contributed by atoms with Crippen molar-refractivity contribution in [2.75, 3.05) is 0 Å². The van der Waals surface area contributed by atoms with Crippen LogP contribution in [0.1, 0.15) is 61.1 Å². The molecule has 168 valence electrons. The van der Waals surface area contributed by atoms with E-state index in [0.717, 1.165) is 44.1 Å². The van der Waals surface area contributed by atoms with Crippen LogP contribution in [-0.4, -0.2) is 0 Å². The Labute approximate surface area is 177 Å². The fourth-order valence-electron chi connectivity index (χ4n) is 4.08. The molecule has 1 nitrogen and oxygen atoms in total. The Hall–Kier alpha value is -2.44. The van der Waals surface area contributed by atoms with Crippen molar-refractivity contribution in [2.45, 2.75) is 56.7 Å². The highest BCUT2D eigenvalue weighted by atomic mass is 19.4. The summed E-state index contributed by atoms with van der Waals surface area (Å²) in [4.78, 5) is 0. The van der Waals surface area contributed by atoms with Crippen molar-refractivity contribution in [2.24, 2.45) is 5.92 Å². The van der Waals surface area contributed by atoms with Crippen LogP contribution in [0.4, 0.5) is 26.3 Å². The molecule has 0 saturated heterocycles. The highest BCUT2D eigenvalue weighted by molar-refractivity contribution is 5.32. The van der Waals surface area contributed by atoms with Crippen molar-refractivity contribution in [1.82, 2.24) is 0 Å². The van der Waals surface area contributed by atoms with E-state index in [0.29, 0.717) is 17.9 Å². The van der Waals surface area contributed by atoms with E-state index in [-0.39, 0.29) is 17.9 Å². The van der Waals surface area contributed by atoms with Gasteiger partial charge in [0.15, 0.2) is 0 Å². The minimum Gasteiger partial charge on any atom is -0.429 e. The fraction of sp³-hybridized carbons (Fsp3) is 0.417. The molecule has 0 unspecified atom stereocenters. The van der Waals surface area contributed by atoms with Gasteiger partial charge in [-0.05, 0) is 86.3 Å². The summed E-state index contributed by atoms with van der Waals surface area (Å²) in [7, 11) is 0. The third-order valence-electron chi connectivity index (χ3n) is 5.83. The zero-order chi connectivity index (χ0) is 22.6. The molecule has 31 heavy (non-hydrogen) atoms. The predicted octanol–water partition coefficient (Wildman–Crippen LogP) is 8.21. The van der Waals surface area contributed by atoms with Crippen LogP contribution in [0.15, 0.2) is 55.1 Å². The molecule has 0 aromatic heterocycles. The molecule has 1 fully saturated rings. The maximum absolute atomic E-state index is 14.4. The summed E-state index contributed by atoms with van der Waals surface area (Å²) in [5.41, 5.74) is -1.55. The Morgan fingerprint density at radius 1 is 0.935 bits per heavy atom. The van der Waals surface area contributed by atoms with Crippen LogP contribution in [0.5, 0.6) is 5.75 Å². The van der Waals surface area contributed by atoms with Crippen LogP contribution in [0.3, 0.4) is 0 Å². The van der Waals surface area contributed by atoms with E-state index in [1.807, 2.05) is 6.08 Å². The molecule has 0 aliphatic heterocycles. The Kier molecular flexibility index (Phi) is 7.02. The monoisotopic (exact) mass is 442 g/mol. The number of ether oxygens (including phenoxy) is 1. The van der Waals surface area contributed by atoms with E-state index in [2.05, 4.69) is 11.3 Å². The van der Waals surface area contributed by atoms with Crippen LogP contribution in [0, 0.1) is 11.7 Å². The van der Waals surface area contributed by atoms with Gasteiger partial charge in [-0.25, -0.2) is 4.39 Å². The van der Waals surface area contributed by atoms with Gasteiger partial charge in [-0.3, -0.25) is 0 Å². The molecule has 0 heterocycles. The molecule has 3 rings (SSSR count). The van der Waals surface area contributed by atoms with Gasteiger partial charge in [0.05, 0.1) is 11.1 Å². The summed E-state index contributed by atoms with van der Waals surface area (Å²) in [6.45, 7) is 3.75. The van der Waals surface area contributed by atoms with Crippen molar-refractivity contribution < 1.29 is 31.1 Å². The van der Waals surface area contributed by atoms with Crippen molar-refractivity contribution >= 4 is 0 Å². The van der Waals surface area contributed by atoms with Crippen molar-refractivity contribution in [3.63, 3.8) is 0 Å². The van der Waals surface area contributed by atoms with Crippen molar-refractivity contribution in [1.29, 1.82) is 0 Å². The minimum absolute atomic E-state index is 0.145. The van der Waals surface area contributed by atoms with Crippen molar-refractivity contribution in [3.8, 4) is 5.75 Å². The summed E-state index contributed by atoms with van der Waals surface area (Å²) in [6.07, 6.45) is -0.551. The van der Waals surface area contributed by atoms with Crippen LogP contribution < -0.4 is 4.74 Å². The van der Waals surface area contributed by atoms with Crippen LogP contribution in [0.25, 0.3) is 0 Å². The molecule has 0 atom stereocenters. The highest BCUT2D eigenvalue weighted by Crippen LogP contribution is 2.39. The third-order valence-corrected chi connectivity index (χ3v) is 5.83. The lowest BCUT2D eigenvalue weighted by Gasteiger charge is -2.28. The molecule has 0 radical (unpaired) electrons. The number of halogens is 6. The Bertz CT molecular complexity index is 880. The number of rotatable bonds is 7. The summed E-state index contributed by atoms with van der Waals surface area (Å²) in [5.74, 6) is -0.862. The molecule has 1 aliphatic rings. The molecule has 2 aromatic rings. The number of benzene rings is 2. The topological polar surface area (TPSA) is 9.23 Å². The highest BCUT2D eigenvalue weighted by Gasteiger charge is 2.39. The number of hydrogen-bond acceptors (Lipinski definition) is 1. The minimum atomic E-state index is -4.96. The first kappa shape index (κ1) is 23.2. The van der Waals surface area contributed by atoms with E-state index in [4.69, 9.17) is 0 Å². The van der Waals surface area contributed by atoms with Gasteiger partial charge in [0.25, 0.3) is 0 Å². The van der Waals surface area contributed by atoms with Gasteiger partial charge in [0.1, 0.15) is 11.6 Å². The van der Waals surface area contributed by atoms with Gasteiger partial charge in [-0.15, -0.1) is 6.58 Å². The Morgan fingerprint density at radius 3 is 2.13 bits per heavy atom. The van der Waals surface area contributed by atoms with E-state index in [1.54, 1.807) is 12.1 Å². The van der Waals surface area contributed by atoms with Gasteiger partial charge in [0, 0.05) is 0 Å². The van der Waals surface area contributed by atoms with Crippen LogP contribution in [0.2, 0.25) is 0 Å². The van der Waals surface area contributed by atoms with E-state index < -0.39 is 29.2 Å². The summed E-state index contributed by atoms with van der Waals surface area (Å²) < 4.78 is 85.0. The second kappa shape index (κ2) is 9.37. The second-order valence-electron chi connectivity index (χ2n) is 7.96. The smallest absolute Gasteiger partial charge is 0.426 e. The lowest BCUT2D eigenvalue weighted by atomic mass is 9.77. The maximum atomic E-state index is 14.4. The van der Waals surface area contributed by atoms with Gasteiger partial charge < -0.3 is 4.74 Å². The fourth-order valence-corrected chi connectivity index (χ4v) is 4.08. The molecule has 7 heteroatoms. The normalized spacial score (nSPS) is 19.8. The molecular weight excluding hydrogens is 418 g/mol. The largest absolute Gasteiger partial charge is 0.429 e. The molecule has 0 N–H and O–H groups in total. The van der Waals surface area contributed by atoms with E-state index in [1.165, 1.54) is 12.1 Å². The van der Waals surface area contributed by atoms with Crippen molar-refractivity contribution in [3.05, 3.63) is 77.6 Å². The number of alkyl halides is 5. The maximum Gasteiger partial charge on any atom is 0.426 e. The SMILES string of the molecule is C=CCCC1CCC(c2ccc(OC(F)(F)c3ccc(C(F)(F)F)c(F)c3)cc2)CC1. The number of hydrogen-bond donors (Lipinski definition) is 0. The van der Waals surface area contributed by atoms with Gasteiger partial charge in [-0.1, -0.05) is 18.2 Å². The van der Waals surface area contributed by atoms with E-state index in [9.17, 15) is 26.3 Å². The van der Waals surface area contributed by atoms with Gasteiger partial charge >= 0.3 is 12.3 Å². The lowest BCUT2D eigenvalue weighted by molar-refractivity contribution is -0.186. The first-order valence-electron chi connectivity index (χ1n) is 10.2. The van der Waals surface area contributed by atoms with E-state index >= 15 is 0 Å². The Balaban J connectivity index is 1.64. The second-order valence-corrected chi connectivity index (χ2v) is 7.96. The summed E-state index contributed by atoms with van der Waals surface area (Å²) >= 11 is 0. The van der Waals surface area contributed by atoms with Gasteiger partial charge in [-0.2, -0.15) is 22.0 Å². The third kappa shape index (κ3) is 5.83. The molecule has 0 amide bonds. The first-order valence-corrected chi connectivity index (χ1v) is 10.2. The summed E-state index contributed by atoms with van der Waals surface area (Å²) in [5, 5.41) is 0. The molecule has 2 aromatic carbocycles. The zero-order valence-corrected chi connectivity index (χ0v) is 16.9. The predicted molar refractivity (Wildman–Crippen MR) is 106 cm³/mol. The first-order chi connectivity index (χ1) is 14.6. The molecule has 0 spiro atoms. The zero-order valence-electron chi connectivity index (χ0n) is 16.9. The average Bonchev–Trinajstić information content (AvgIpc) is 2.72.